The molecule has 7 heteroatoms. The monoisotopic (exact) mass is 441 g/mol. The van der Waals surface area contributed by atoms with Crippen molar-refractivity contribution >= 4 is 5.91 Å². The predicted molar refractivity (Wildman–Crippen MR) is 120 cm³/mol. The molecule has 2 atom stereocenters. The van der Waals surface area contributed by atoms with Crippen LogP contribution < -0.4 is 10.1 Å². The number of benzene rings is 2. The van der Waals surface area contributed by atoms with Crippen molar-refractivity contribution in [2.75, 3.05) is 32.7 Å². The second-order valence-corrected chi connectivity index (χ2v) is 8.40. The van der Waals surface area contributed by atoms with Crippen molar-refractivity contribution in [3.8, 4) is 5.75 Å². The number of nitrogens with zero attached hydrogens (tertiary/aromatic N) is 2. The molecule has 2 aliphatic heterocycles. The molecule has 1 saturated heterocycles. The molecule has 5 nitrogen and oxygen atoms in total. The van der Waals surface area contributed by atoms with E-state index < -0.39 is 18.3 Å². The number of rotatable bonds is 6. The smallest absolute Gasteiger partial charge is 0.248 e. The van der Waals surface area contributed by atoms with Gasteiger partial charge in [0.15, 0.2) is 6.30 Å². The van der Waals surface area contributed by atoms with Crippen molar-refractivity contribution in [3.05, 3.63) is 77.1 Å². The molecule has 1 N–H and O–H groups in total. The van der Waals surface area contributed by atoms with Crippen LogP contribution in [0.5, 0.6) is 5.75 Å². The zero-order valence-corrected chi connectivity index (χ0v) is 18.3. The molecule has 0 unspecified atom stereocenters. The van der Waals surface area contributed by atoms with Gasteiger partial charge in [0.2, 0.25) is 5.91 Å². The van der Waals surface area contributed by atoms with E-state index in [1.54, 1.807) is 13.0 Å². The number of amides is 1. The first-order chi connectivity index (χ1) is 15.4. The average molecular weight is 442 g/mol. The molecule has 1 fully saturated rings. The Kier molecular flexibility index (Phi) is 6.86. The molecule has 0 spiro atoms. The summed E-state index contributed by atoms with van der Waals surface area (Å²) in [6.07, 6.45) is 0.218. The first-order valence-electron chi connectivity index (χ1n) is 11.0. The summed E-state index contributed by atoms with van der Waals surface area (Å²) in [7, 11) is 0. The molecule has 0 saturated carbocycles. The van der Waals surface area contributed by atoms with E-state index in [1.807, 2.05) is 23.1 Å². The number of aryl methyl sites for hydroxylation is 1. The Labute approximate surface area is 187 Å². The second kappa shape index (κ2) is 9.79. The van der Waals surface area contributed by atoms with Crippen LogP contribution in [0.3, 0.4) is 0 Å². The minimum Gasteiger partial charge on any atom is -0.484 e. The van der Waals surface area contributed by atoms with Crippen LogP contribution in [-0.2, 0) is 17.8 Å². The normalized spacial score (nSPS) is 19.8. The molecule has 2 heterocycles. The van der Waals surface area contributed by atoms with Gasteiger partial charge in [-0.05, 0) is 66.4 Å². The molecule has 2 aliphatic rings. The Morgan fingerprint density at radius 3 is 2.88 bits per heavy atom. The minimum absolute atomic E-state index is 0.0713. The Morgan fingerprint density at radius 1 is 1.28 bits per heavy atom. The van der Waals surface area contributed by atoms with E-state index in [2.05, 4.69) is 18.0 Å². The number of alkyl halides is 1. The first-order valence-corrected chi connectivity index (χ1v) is 11.0. The van der Waals surface area contributed by atoms with Crippen molar-refractivity contribution in [2.45, 2.75) is 32.3 Å². The number of hydrogen-bond acceptors (Lipinski definition) is 4. The van der Waals surface area contributed by atoms with Crippen molar-refractivity contribution in [1.82, 2.24) is 15.1 Å². The highest BCUT2D eigenvalue weighted by atomic mass is 19.1. The van der Waals surface area contributed by atoms with Gasteiger partial charge in [-0.1, -0.05) is 24.8 Å². The summed E-state index contributed by atoms with van der Waals surface area (Å²) in [5.74, 6) is -0.000523. The van der Waals surface area contributed by atoms with E-state index in [0.29, 0.717) is 30.0 Å². The SMILES string of the molecule is C=CC(=O)N1CCN(C[C@H](Oc2ccc3c(c2)CNCC3)c2ccc(C)c(F)c2)C[C@H]1F. The number of hydrogen-bond donors (Lipinski definition) is 1. The third-order valence-corrected chi connectivity index (χ3v) is 6.20. The molecule has 0 aliphatic carbocycles. The Bertz CT molecular complexity index is 997. The minimum atomic E-state index is -1.42. The summed E-state index contributed by atoms with van der Waals surface area (Å²) in [4.78, 5) is 14.9. The van der Waals surface area contributed by atoms with E-state index >= 15 is 0 Å². The molecule has 2 aromatic rings. The van der Waals surface area contributed by atoms with E-state index in [0.717, 1.165) is 25.6 Å². The van der Waals surface area contributed by atoms with Crippen molar-refractivity contribution < 1.29 is 18.3 Å². The number of ether oxygens (including phenoxy) is 1. The number of halogens is 2. The van der Waals surface area contributed by atoms with Crippen LogP contribution in [0.1, 0.15) is 28.4 Å². The molecule has 1 amide bonds. The molecule has 0 radical (unpaired) electrons. The van der Waals surface area contributed by atoms with Gasteiger partial charge in [-0.3, -0.25) is 9.69 Å². The van der Waals surface area contributed by atoms with Gasteiger partial charge in [0, 0.05) is 32.7 Å². The van der Waals surface area contributed by atoms with Crippen molar-refractivity contribution in [2.24, 2.45) is 0 Å². The number of piperazine rings is 1. The molecular formula is C25H29F2N3O2. The molecule has 4 rings (SSSR count). The molecule has 32 heavy (non-hydrogen) atoms. The summed E-state index contributed by atoms with van der Waals surface area (Å²) in [5, 5.41) is 3.36. The standard InChI is InChI=1S/C25H29F2N3O2/c1-3-25(31)30-11-10-29(16-24(30)27)15-23(19-5-4-17(2)22(26)13-19)32-21-7-6-18-8-9-28-14-20(18)12-21/h3-7,12-13,23-24,28H,1,8-11,14-16H2,2H3/t23-,24-/m0/s1. The number of carbonyl (C=O) groups excluding carboxylic acids is 1. The van der Waals surface area contributed by atoms with E-state index in [-0.39, 0.29) is 18.9 Å². The van der Waals surface area contributed by atoms with E-state index in [4.69, 9.17) is 4.74 Å². The van der Waals surface area contributed by atoms with Gasteiger partial charge in [0.05, 0.1) is 0 Å². The average Bonchev–Trinajstić information content (AvgIpc) is 2.80. The Balaban J connectivity index is 1.54. The number of carbonyl (C=O) groups is 1. The van der Waals surface area contributed by atoms with Crippen LogP contribution in [0.4, 0.5) is 8.78 Å². The number of fused-ring (bicyclic) bond motifs is 1. The maximum absolute atomic E-state index is 14.6. The lowest BCUT2D eigenvalue weighted by atomic mass is 10.0. The third kappa shape index (κ3) is 5.00. The van der Waals surface area contributed by atoms with E-state index in [9.17, 15) is 13.6 Å². The van der Waals surface area contributed by atoms with Crippen LogP contribution in [-0.4, -0.2) is 54.7 Å². The summed E-state index contributed by atoms with van der Waals surface area (Å²) < 4.78 is 35.3. The molecule has 0 aromatic heterocycles. The highest BCUT2D eigenvalue weighted by Gasteiger charge is 2.31. The maximum Gasteiger partial charge on any atom is 0.248 e. The fourth-order valence-corrected chi connectivity index (χ4v) is 4.27. The van der Waals surface area contributed by atoms with Gasteiger partial charge in [-0.25, -0.2) is 8.78 Å². The zero-order chi connectivity index (χ0) is 22.7. The van der Waals surface area contributed by atoms with Crippen molar-refractivity contribution in [3.63, 3.8) is 0 Å². The Morgan fingerprint density at radius 2 is 2.12 bits per heavy atom. The van der Waals surface area contributed by atoms with Gasteiger partial charge in [-0.15, -0.1) is 0 Å². The lowest BCUT2D eigenvalue weighted by molar-refractivity contribution is -0.136. The van der Waals surface area contributed by atoms with Crippen LogP contribution in [0.2, 0.25) is 0 Å². The quantitative estimate of drug-likeness (QED) is 0.550. The maximum atomic E-state index is 14.6. The second-order valence-electron chi connectivity index (χ2n) is 8.40. The van der Waals surface area contributed by atoms with Crippen molar-refractivity contribution in [1.29, 1.82) is 0 Å². The van der Waals surface area contributed by atoms with Gasteiger partial charge >= 0.3 is 0 Å². The van der Waals surface area contributed by atoms with Crippen LogP contribution in [0.15, 0.2) is 49.1 Å². The largest absolute Gasteiger partial charge is 0.484 e. The van der Waals surface area contributed by atoms with Gasteiger partial charge in [-0.2, -0.15) is 0 Å². The highest BCUT2D eigenvalue weighted by molar-refractivity contribution is 5.87. The zero-order valence-electron chi connectivity index (χ0n) is 18.3. The highest BCUT2D eigenvalue weighted by Crippen LogP contribution is 2.28. The molecular weight excluding hydrogens is 412 g/mol. The molecule has 2 aromatic carbocycles. The lowest BCUT2D eigenvalue weighted by Gasteiger charge is -2.38. The fourth-order valence-electron chi connectivity index (χ4n) is 4.27. The van der Waals surface area contributed by atoms with Crippen LogP contribution in [0, 0.1) is 12.7 Å². The van der Waals surface area contributed by atoms with Gasteiger partial charge < -0.3 is 15.0 Å². The van der Waals surface area contributed by atoms with Crippen LogP contribution in [0.25, 0.3) is 0 Å². The molecule has 0 bridgehead atoms. The topological polar surface area (TPSA) is 44.8 Å². The third-order valence-electron chi connectivity index (χ3n) is 6.20. The van der Waals surface area contributed by atoms with Crippen LogP contribution >= 0.6 is 0 Å². The predicted octanol–water partition coefficient (Wildman–Crippen LogP) is 3.53. The first kappa shape index (κ1) is 22.4. The summed E-state index contributed by atoms with van der Waals surface area (Å²) in [6.45, 7) is 8.13. The number of nitrogens with one attached hydrogen (secondary N) is 1. The van der Waals surface area contributed by atoms with Gasteiger partial charge in [0.25, 0.3) is 0 Å². The lowest BCUT2D eigenvalue weighted by Crippen LogP contribution is -2.53. The molecule has 170 valence electrons. The Hall–Kier alpha value is -2.77. The fraction of sp³-hybridized carbons (Fsp3) is 0.400. The van der Waals surface area contributed by atoms with E-state index in [1.165, 1.54) is 22.1 Å². The summed E-state index contributed by atoms with van der Waals surface area (Å²) in [5.41, 5.74) is 3.76. The summed E-state index contributed by atoms with van der Waals surface area (Å²) in [6, 6.07) is 11.1. The van der Waals surface area contributed by atoms with Gasteiger partial charge in [0.1, 0.15) is 17.7 Å². The summed E-state index contributed by atoms with van der Waals surface area (Å²) >= 11 is 0.